The van der Waals surface area contributed by atoms with Crippen molar-refractivity contribution in [2.75, 3.05) is 13.2 Å². The van der Waals surface area contributed by atoms with Gasteiger partial charge in [-0.25, -0.2) is 0 Å². The zero-order valence-corrected chi connectivity index (χ0v) is 13.1. The van der Waals surface area contributed by atoms with Gasteiger partial charge in [0.15, 0.2) is 0 Å². The third kappa shape index (κ3) is 7.68. The summed E-state index contributed by atoms with van der Waals surface area (Å²) < 4.78 is 10.9. The Morgan fingerprint density at radius 2 is 2.05 bits per heavy atom. The normalized spacial score (nSPS) is 16.3. The smallest absolute Gasteiger partial charge is 0.105 e. The lowest BCUT2D eigenvalue weighted by molar-refractivity contribution is -0.00914. The third-order valence-electron chi connectivity index (χ3n) is 3.17. The quantitative estimate of drug-likeness (QED) is 0.693. The van der Waals surface area contributed by atoms with Crippen molar-refractivity contribution in [3.8, 4) is 0 Å². The Labute approximate surface area is 122 Å². The summed E-state index contributed by atoms with van der Waals surface area (Å²) in [4.78, 5) is 0. The van der Waals surface area contributed by atoms with Crippen LogP contribution in [-0.2, 0) is 11.2 Å². The average Bonchev–Trinajstić information content (AvgIpc) is 2.86. The number of ether oxygens (including phenoxy) is 1. The number of nitrogens with one attached hydrogen (secondary N) is 1. The molecule has 0 aliphatic rings. The first kappa shape index (κ1) is 17.2. The summed E-state index contributed by atoms with van der Waals surface area (Å²) in [5.41, 5.74) is 0. The van der Waals surface area contributed by atoms with Gasteiger partial charge in [0.05, 0.1) is 25.1 Å². The van der Waals surface area contributed by atoms with Gasteiger partial charge >= 0.3 is 0 Å². The molecular formula is C16H29NO3. The van der Waals surface area contributed by atoms with Crippen molar-refractivity contribution in [3.63, 3.8) is 0 Å². The molecule has 0 aromatic carbocycles. The number of hydrogen-bond donors (Lipinski definition) is 2. The van der Waals surface area contributed by atoms with Crippen LogP contribution in [0.1, 0.15) is 39.9 Å². The van der Waals surface area contributed by atoms with Crippen LogP contribution in [0.5, 0.6) is 0 Å². The molecular weight excluding hydrogens is 254 g/mol. The third-order valence-corrected chi connectivity index (χ3v) is 3.17. The van der Waals surface area contributed by atoms with Crippen molar-refractivity contribution in [2.24, 2.45) is 5.92 Å². The van der Waals surface area contributed by atoms with Gasteiger partial charge in [-0.2, -0.15) is 0 Å². The molecule has 4 heteroatoms. The number of rotatable bonds is 10. The molecule has 0 fully saturated rings. The fourth-order valence-electron chi connectivity index (χ4n) is 2.21. The second-order valence-electron chi connectivity index (χ2n) is 6.02. The molecule has 1 aromatic heterocycles. The van der Waals surface area contributed by atoms with Crippen molar-refractivity contribution in [1.82, 2.24) is 5.32 Å². The first-order chi connectivity index (χ1) is 9.47. The number of hydrogen-bond acceptors (Lipinski definition) is 4. The second kappa shape index (κ2) is 9.16. The lowest BCUT2D eigenvalue weighted by Gasteiger charge is -2.20. The monoisotopic (exact) mass is 283 g/mol. The van der Waals surface area contributed by atoms with Gasteiger partial charge in [0.1, 0.15) is 5.76 Å². The summed E-state index contributed by atoms with van der Waals surface area (Å²) in [6.45, 7) is 9.41. The fraction of sp³-hybridized carbons (Fsp3) is 0.750. The molecule has 0 saturated carbocycles. The molecule has 116 valence electrons. The summed E-state index contributed by atoms with van der Waals surface area (Å²) in [5, 5.41) is 13.2. The van der Waals surface area contributed by atoms with Crippen LogP contribution in [-0.4, -0.2) is 36.5 Å². The Hall–Kier alpha value is -0.840. The Morgan fingerprint density at radius 3 is 2.65 bits per heavy atom. The zero-order chi connectivity index (χ0) is 15.0. The van der Waals surface area contributed by atoms with Gasteiger partial charge in [0.25, 0.3) is 0 Å². The van der Waals surface area contributed by atoms with E-state index >= 15 is 0 Å². The van der Waals surface area contributed by atoms with Crippen molar-refractivity contribution in [3.05, 3.63) is 24.2 Å². The largest absolute Gasteiger partial charge is 0.469 e. The van der Waals surface area contributed by atoms with Gasteiger partial charge in [-0.05, 0) is 38.3 Å². The highest BCUT2D eigenvalue weighted by Gasteiger charge is 2.11. The predicted octanol–water partition coefficient (Wildman–Crippen LogP) is 2.61. The van der Waals surface area contributed by atoms with E-state index in [9.17, 15) is 5.11 Å². The lowest BCUT2D eigenvalue weighted by Crippen LogP contribution is -2.37. The van der Waals surface area contributed by atoms with Crippen molar-refractivity contribution in [1.29, 1.82) is 0 Å². The molecule has 0 spiro atoms. The molecule has 1 aromatic rings. The summed E-state index contributed by atoms with van der Waals surface area (Å²) in [6.07, 6.45) is 3.26. The Kier molecular flexibility index (Phi) is 7.88. The van der Waals surface area contributed by atoms with Gasteiger partial charge in [0, 0.05) is 19.0 Å². The summed E-state index contributed by atoms with van der Waals surface area (Å²) >= 11 is 0. The molecule has 20 heavy (non-hydrogen) atoms. The highest BCUT2D eigenvalue weighted by molar-refractivity contribution is 4.99. The highest BCUT2D eigenvalue weighted by Crippen LogP contribution is 2.08. The lowest BCUT2D eigenvalue weighted by atomic mass is 10.1. The Bertz CT molecular complexity index is 338. The molecule has 0 aliphatic carbocycles. The van der Waals surface area contributed by atoms with Crippen LogP contribution in [0.25, 0.3) is 0 Å². The van der Waals surface area contributed by atoms with E-state index in [1.807, 2.05) is 12.1 Å². The number of aliphatic hydroxyl groups is 1. The SMILES string of the molecule is CC(C)CC(C)OCC(O)CNC(C)Cc1ccco1. The number of aliphatic hydroxyl groups excluding tert-OH is 1. The van der Waals surface area contributed by atoms with E-state index < -0.39 is 6.10 Å². The van der Waals surface area contributed by atoms with Crippen LogP contribution in [0.2, 0.25) is 0 Å². The maximum atomic E-state index is 9.90. The second-order valence-corrected chi connectivity index (χ2v) is 6.02. The van der Waals surface area contributed by atoms with E-state index in [0.717, 1.165) is 18.6 Å². The fourth-order valence-corrected chi connectivity index (χ4v) is 2.21. The van der Waals surface area contributed by atoms with Crippen molar-refractivity contribution >= 4 is 0 Å². The molecule has 1 heterocycles. The van der Waals surface area contributed by atoms with Crippen LogP contribution in [0.15, 0.2) is 22.8 Å². The topological polar surface area (TPSA) is 54.6 Å². The zero-order valence-electron chi connectivity index (χ0n) is 13.1. The first-order valence-electron chi connectivity index (χ1n) is 7.52. The summed E-state index contributed by atoms with van der Waals surface area (Å²) in [5.74, 6) is 1.58. The van der Waals surface area contributed by atoms with Crippen molar-refractivity contribution in [2.45, 2.75) is 58.8 Å². The minimum atomic E-state index is -0.469. The van der Waals surface area contributed by atoms with E-state index in [-0.39, 0.29) is 12.1 Å². The van der Waals surface area contributed by atoms with Gasteiger partial charge in [0.2, 0.25) is 0 Å². The molecule has 0 saturated heterocycles. The molecule has 3 unspecified atom stereocenters. The van der Waals surface area contributed by atoms with E-state index in [1.54, 1.807) is 6.26 Å². The molecule has 4 nitrogen and oxygen atoms in total. The minimum absolute atomic E-state index is 0.199. The van der Waals surface area contributed by atoms with E-state index in [0.29, 0.717) is 19.1 Å². The van der Waals surface area contributed by atoms with E-state index in [1.165, 1.54) is 0 Å². The standard InChI is InChI=1S/C16H29NO3/c1-12(2)8-14(4)20-11-15(18)10-17-13(3)9-16-6-5-7-19-16/h5-7,12-15,17-18H,8-11H2,1-4H3. The van der Waals surface area contributed by atoms with E-state index in [4.69, 9.17) is 9.15 Å². The molecule has 0 radical (unpaired) electrons. The van der Waals surface area contributed by atoms with Crippen molar-refractivity contribution < 1.29 is 14.3 Å². The Balaban J connectivity index is 2.11. The predicted molar refractivity (Wildman–Crippen MR) is 80.8 cm³/mol. The minimum Gasteiger partial charge on any atom is -0.469 e. The summed E-state index contributed by atoms with van der Waals surface area (Å²) in [6, 6.07) is 4.12. The molecule has 3 atom stereocenters. The summed E-state index contributed by atoms with van der Waals surface area (Å²) in [7, 11) is 0. The molecule has 1 rings (SSSR count). The average molecular weight is 283 g/mol. The van der Waals surface area contributed by atoms with Crippen LogP contribution in [0.4, 0.5) is 0 Å². The maximum Gasteiger partial charge on any atom is 0.105 e. The van der Waals surface area contributed by atoms with Gasteiger partial charge in [-0.1, -0.05) is 13.8 Å². The van der Waals surface area contributed by atoms with Gasteiger partial charge in [-0.15, -0.1) is 0 Å². The Morgan fingerprint density at radius 1 is 1.30 bits per heavy atom. The van der Waals surface area contributed by atoms with E-state index in [2.05, 4.69) is 33.0 Å². The van der Waals surface area contributed by atoms with Crippen LogP contribution in [0.3, 0.4) is 0 Å². The highest BCUT2D eigenvalue weighted by atomic mass is 16.5. The van der Waals surface area contributed by atoms with Gasteiger partial charge in [-0.3, -0.25) is 0 Å². The maximum absolute atomic E-state index is 9.90. The van der Waals surface area contributed by atoms with Gasteiger partial charge < -0.3 is 19.6 Å². The molecule has 2 N–H and O–H groups in total. The molecule has 0 aliphatic heterocycles. The van der Waals surface area contributed by atoms with Crippen LogP contribution < -0.4 is 5.32 Å². The van der Waals surface area contributed by atoms with Crippen LogP contribution in [0, 0.1) is 5.92 Å². The first-order valence-corrected chi connectivity index (χ1v) is 7.52. The molecule has 0 amide bonds. The number of furan rings is 1. The molecule has 0 bridgehead atoms. The van der Waals surface area contributed by atoms with Crippen LogP contribution >= 0.6 is 0 Å².